The van der Waals surface area contributed by atoms with Gasteiger partial charge in [-0.3, -0.25) is 4.79 Å². The summed E-state index contributed by atoms with van der Waals surface area (Å²) < 4.78 is 11.3. The molecule has 0 radical (unpaired) electrons. The molecule has 0 atom stereocenters. The molecule has 0 aliphatic carbocycles. The normalized spacial score (nSPS) is 16.8. The molecule has 1 amide bonds. The molecule has 7 nitrogen and oxygen atoms in total. The van der Waals surface area contributed by atoms with Crippen molar-refractivity contribution in [3.63, 3.8) is 0 Å². The molecule has 1 saturated heterocycles. The molecule has 2 aliphatic rings. The first-order valence-corrected chi connectivity index (χ1v) is 9.46. The van der Waals surface area contributed by atoms with Gasteiger partial charge in [0.05, 0.1) is 24.7 Å². The number of piperazine rings is 1. The van der Waals surface area contributed by atoms with Crippen LogP contribution in [0.3, 0.4) is 0 Å². The molecule has 0 bridgehead atoms. The van der Waals surface area contributed by atoms with E-state index < -0.39 is 0 Å². The Kier molecular flexibility index (Phi) is 5.29. The fourth-order valence-electron chi connectivity index (χ4n) is 3.28. The Hall–Kier alpha value is -2.54. The number of carbonyl (C=O) groups is 1. The fraction of sp³-hybridized carbons (Fsp3) is 0.421. The Labute approximate surface area is 162 Å². The number of anilines is 1. The maximum Gasteiger partial charge on any atom is 0.227 e. The number of ether oxygens (including phenoxy) is 2. The van der Waals surface area contributed by atoms with E-state index >= 15 is 0 Å². The lowest BCUT2D eigenvalue weighted by atomic mass is 10.1. The van der Waals surface area contributed by atoms with Crippen LogP contribution in [0.4, 0.5) is 5.95 Å². The second-order valence-corrected chi connectivity index (χ2v) is 6.96. The molecule has 142 valence electrons. The standard InChI is InChI=1S/C19H21ClN4O3/c20-15-11-14(12-16-18(15)27-10-2-9-26-16)13-17(25)23-5-7-24(8-6-23)19-21-3-1-4-22-19/h1,3-4,11-12H,2,5-10,13H2. The number of amides is 1. The fourth-order valence-corrected chi connectivity index (χ4v) is 3.57. The molecule has 1 aromatic carbocycles. The van der Waals surface area contributed by atoms with Gasteiger partial charge in [-0.25, -0.2) is 9.97 Å². The summed E-state index contributed by atoms with van der Waals surface area (Å²) in [5.74, 6) is 1.98. The first-order chi connectivity index (χ1) is 13.2. The molecule has 2 aromatic rings. The number of benzene rings is 1. The van der Waals surface area contributed by atoms with Crippen molar-refractivity contribution in [2.24, 2.45) is 0 Å². The minimum Gasteiger partial charge on any atom is -0.489 e. The van der Waals surface area contributed by atoms with E-state index in [4.69, 9.17) is 21.1 Å². The van der Waals surface area contributed by atoms with Gasteiger partial charge in [-0.2, -0.15) is 0 Å². The maximum absolute atomic E-state index is 12.7. The highest BCUT2D eigenvalue weighted by molar-refractivity contribution is 6.32. The quantitative estimate of drug-likeness (QED) is 0.802. The number of fused-ring (bicyclic) bond motifs is 1. The van der Waals surface area contributed by atoms with E-state index in [0.29, 0.717) is 48.8 Å². The van der Waals surface area contributed by atoms with Gasteiger partial charge in [0.15, 0.2) is 11.5 Å². The van der Waals surface area contributed by atoms with Gasteiger partial charge >= 0.3 is 0 Å². The Morgan fingerprint density at radius 2 is 1.81 bits per heavy atom. The number of halogens is 1. The number of hydrogen-bond donors (Lipinski definition) is 0. The second-order valence-electron chi connectivity index (χ2n) is 6.55. The van der Waals surface area contributed by atoms with Gasteiger partial charge in [0.1, 0.15) is 0 Å². The lowest BCUT2D eigenvalue weighted by molar-refractivity contribution is -0.130. The Morgan fingerprint density at radius 1 is 1.07 bits per heavy atom. The molecular formula is C19H21ClN4O3. The lowest BCUT2D eigenvalue weighted by Crippen LogP contribution is -2.49. The van der Waals surface area contributed by atoms with E-state index in [9.17, 15) is 4.79 Å². The van der Waals surface area contributed by atoms with Crippen LogP contribution in [0.5, 0.6) is 11.5 Å². The van der Waals surface area contributed by atoms with Crippen molar-refractivity contribution in [1.82, 2.24) is 14.9 Å². The van der Waals surface area contributed by atoms with Gasteiger partial charge in [-0.15, -0.1) is 0 Å². The highest BCUT2D eigenvalue weighted by Crippen LogP contribution is 2.38. The van der Waals surface area contributed by atoms with Crippen molar-refractivity contribution in [1.29, 1.82) is 0 Å². The third kappa shape index (κ3) is 4.08. The zero-order valence-corrected chi connectivity index (χ0v) is 15.7. The smallest absolute Gasteiger partial charge is 0.227 e. The summed E-state index contributed by atoms with van der Waals surface area (Å²) in [5.41, 5.74) is 0.836. The van der Waals surface area contributed by atoms with Crippen molar-refractivity contribution in [2.45, 2.75) is 12.8 Å². The monoisotopic (exact) mass is 388 g/mol. The van der Waals surface area contributed by atoms with Crippen LogP contribution >= 0.6 is 11.6 Å². The number of nitrogens with zero attached hydrogens (tertiary/aromatic N) is 4. The largest absolute Gasteiger partial charge is 0.489 e. The van der Waals surface area contributed by atoms with Crippen LogP contribution in [0, 0.1) is 0 Å². The molecule has 8 heteroatoms. The van der Waals surface area contributed by atoms with Crippen molar-refractivity contribution < 1.29 is 14.3 Å². The van der Waals surface area contributed by atoms with Crippen molar-refractivity contribution in [3.8, 4) is 11.5 Å². The van der Waals surface area contributed by atoms with Crippen LogP contribution in [0.1, 0.15) is 12.0 Å². The van der Waals surface area contributed by atoms with Crippen LogP contribution in [0.15, 0.2) is 30.6 Å². The van der Waals surface area contributed by atoms with E-state index in [0.717, 1.165) is 25.1 Å². The number of carbonyl (C=O) groups excluding carboxylic acids is 1. The molecule has 27 heavy (non-hydrogen) atoms. The average Bonchev–Trinajstić information content (AvgIpc) is 2.95. The average molecular weight is 389 g/mol. The molecule has 0 spiro atoms. The zero-order chi connectivity index (χ0) is 18.6. The summed E-state index contributed by atoms with van der Waals surface area (Å²) >= 11 is 6.33. The Bertz CT molecular complexity index is 810. The van der Waals surface area contributed by atoms with E-state index in [1.165, 1.54) is 0 Å². The molecule has 0 unspecified atom stereocenters. The summed E-state index contributed by atoms with van der Waals surface area (Å²) in [5, 5.41) is 0.489. The zero-order valence-electron chi connectivity index (χ0n) is 14.9. The maximum atomic E-state index is 12.7. The van der Waals surface area contributed by atoms with Crippen LogP contribution in [0.2, 0.25) is 5.02 Å². The first kappa shape index (κ1) is 17.9. The summed E-state index contributed by atoms with van der Waals surface area (Å²) in [6.45, 7) is 3.91. The van der Waals surface area contributed by atoms with E-state index in [2.05, 4.69) is 14.9 Å². The van der Waals surface area contributed by atoms with Crippen molar-refractivity contribution >= 4 is 23.5 Å². The molecule has 2 aliphatic heterocycles. The third-order valence-corrected chi connectivity index (χ3v) is 4.97. The van der Waals surface area contributed by atoms with E-state index in [1.54, 1.807) is 24.5 Å². The Balaban J connectivity index is 1.39. The first-order valence-electron chi connectivity index (χ1n) is 9.08. The molecule has 0 saturated carbocycles. The summed E-state index contributed by atoms with van der Waals surface area (Å²) in [4.78, 5) is 25.2. The molecule has 1 aromatic heterocycles. The van der Waals surface area contributed by atoms with Crippen LogP contribution in [-0.4, -0.2) is 60.2 Å². The predicted octanol–water partition coefficient (Wildman–Crippen LogP) is 2.18. The summed E-state index contributed by atoms with van der Waals surface area (Å²) in [7, 11) is 0. The Morgan fingerprint density at radius 3 is 2.59 bits per heavy atom. The van der Waals surface area contributed by atoms with E-state index in [1.807, 2.05) is 11.0 Å². The molecular weight excluding hydrogens is 368 g/mol. The summed E-state index contributed by atoms with van der Waals surface area (Å²) in [6.07, 6.45) is 4.56. The highest BCUT2D eigenvalue weighted by atomic mass is 35.5. The lowest BCUT2D eigenvalue weighted by Gasteiger charge is -2.34. The van der Waals surface area contributed by atoms with Crippen LogP contribution in [-0.2, 0) is 11.2 Å². The molecule has 4 rings (SSSR count). The SMILES string of the molecule is O=C(Cc1cc(Cl)c2c(c1)OCCCO2)N1CCN(c2ncccn2)CC1. The highest BCUT2D eigenvalue weighted by Gasteiger charge is 2.23. The molecule has 3 heterocycles. The number of hydrogen-bond acceptors (Lipinski definition) is 6. The topological polar surface area (TPSA) is 67.8 Å². The van der Waals surface area contributed by atoms with Gasteiger partial charge in [-0.05, 0) is 23.8 Å². The third-order valence-electron chi connectivity index (χ3n) is 4.68. The van der Waals surface area contributed by atoms with Gasteiger partial charge in [-0.1, -0.05) is 11.6 Å². The number of rotatable bonds is 3. The van der Waals surface area contributed by atoms with Gasteiger partial charge in [0.25, 0.3) is 0 Å². The number of aromatic nitrogens is 2. The van der Waals surface area contributed by atoms with Crippen molar-refractivity contribution in [3.05, 3.63) is 41.2 Å². The minimum atomic E-state index is 0.0780. The van der Waals surface area contributed by atoms with Crippen LogP contribution in [0.25, 0.3) is 0 Å². The van der Waals surface area contributed by atoms with Gasteiger partial charge in [0.2, 0.25) is 11.9 Å². The predicted molar refractivity (Wildman–Crippen MR) is 102 cm³/mol. The second kappa shape index (κ2) is 8.00. The molecule has 1 fully saturated rings. The van der Waals surface area contributed by atoms with E-state index in [-0.39, 0.29) is 12.3 Å². The summed E-state index contributed by atoms with van der Waals surface area (Å²) in [6, 6.07) is 5.45. The molecule has 0 N–H and O–H groups in total. The van der Waals surface area contributed by atoms with Crippen LogP contribution < -0.4 is 14.4 Å². The van der Waals surface area contributed by atoms with Crippen molar-refractivity contribution in [2.75, 3.05) is 44.3 Å². The van der Waals surface area contributed by atoms with Gasteiger partial charge in [0, 0.05) is 45.0 Å². The minimum absolute atomic E-state index is 0.0780. The van der Waals surface area contributed by atoms with Gasteiger partial charge < -0.3 is 19.3 Å².